The molecule has 6 heteroatoms. The average molecular weight is 200 g/mol. The highest BCUT2D eigenvalue weighted by Gasteiger charge is 2.00. The van der Waals surface area contributed by atoms with Gasteiger partial charge in [0.1, 0.15) is 0 Å². The van der Waals surface area contributed by atoms with Crippen LogP contribution in [0.15, 0.2) is 4.79 Å². The van der Waals surface area contributed by atoms with Crippen molar-refractivity contribution in [3.8, 4) is 0 Å². The summed E-state index contributed by atoms with van der Waals surface area (Å²) in [5.74, 6) is 0. The topological polar surface area (TPSA) is 74.7 Å². The van der Waals surface area contributed by atoms with Gasteiger partial charge in [0, 0.05) is 12.2 Å². The maximum Gasteiger partial charge on any atom is 0.268 e. The molecular weight excluding hydrogens is 189 g/mol. The second-order valence-corrected chi connectivity index (χ2v) is 1.89. The molecule has 0 fully saturated rings. The summed E-state index contributed by atoms with van der Waals surface area (Å²) in [6.07, 6.45) is 0. The smallest absolute Gasteiger partial charge is 0.268 e. The van der Waals surface area contributed by atoms with Crippen LogP contribution in [-0.2, 0) is 6.54 Å². The van der Waals surface area contributed by atoms with Crippen LogP contribution in [0.25, 0.3) is 0 Å². The maximum absolute atomic E-state index is 10.7. The van der Waals surface area contributed by atoms with Crippen molar-refractivity contribution >= 4 is 24.8 Å². The maximum atomic E-state index is 10.7. The zero-order valence-electron chi connectivity index (χ0n) is 6.01. The molecule has 0 bridgehead atoms. The quantitative estimate of drug-likeness (QED) is 0.610. The fourth-order valence-corrected chi connectivity index (χ4v) is 0.717. The van der Waals surface area contributed by atoms with Gasteiger partial charge in [0.25, 0.3) is 5.56 Å². The van der Waals surface area contributed by atoms with Gasteiger partial charge in [-0.05, 0) is 6.92 Å². The lowest BCUT2D eigenvalue weighted by atomic mass is 10.3. The Labute approximate surface area is 76.4 Å². The van der Waals surface area contributed by atoms with E-state index in [1.165, 1.54) is 0 Å². The van der Waals surface area contributed by atoms with E-state index in [4.69, 9.17) is 5.73 Å². The third-order valence-electron chi connectivity index (χ3n) is 1.29. The largest absolute Gasteiger partial charge is 0.326 e. The Kier molecular flexibility index (Phi) is 6.26. The van der Waals surface area contributed by atoms with Crippen LogP contribution in [0.3, 0.4) is 0 Å². The molecule has 1 heterocycles. The number of aryl methyl sites for hydroxylation is 1. The molecule has 0 amide bonds. The van der Waals surface area contributed by atoms with E-state index >= 15 is 0 Å². The highest BCUT2D eigenvalue weighted by atomic mass is 35.5. The molecule has 0 spiro atoms. The Hall–Kier alpha value is -0.450. The lowest BCUT2D eigenvalue weighted by molar-refractivity contribution is 1.02. The molecule has 0 saturated carbocycles. The van der Waals surface area contributed by atoms with Crippen molar-refractivity contribution in [2.75, 3.05) is 0 Å². The molecule has 1 aromatic heterocycles. The number of nitrogens with one attached hydrogen (secondary N) is 2. The number of nitrogens with two attached hydrogens (primary N) is 1. The number of aromatic nitrogens is 2. The van der Waals surface area contributed by atoms with Gasteiger partial charge < -0.3 is 10.8 Å². The first-order valence-corrected chi connectivity index (χ1v) is 2.72. The molecule has 0 saturated heterocycles. The molecule has 0 aliphatic heterocycles. The lowest BCUT2D eigenvalue weighted by Crippen LogP contribution is -2.10. The van der Waals surface area contributed by atoms with E-state index in [9.17, 15) is 4.79 Å². The van der Waals surface area contributed by atoms with E-state index in [0.717, 1.165) is 5.69 Å². The normalized spacial score (nSPS) is 8.18. The zero-order valence-corrected chi connectivity index (χ0v) is 7.64. The van der Waals surface area contributed by atoms with Crippen molar-refractivity contribution in [2.45, 2.75) is 13.5 Å². The summed E-state index contributed by atoms with van der Waals surface area (Å²) in [6, 6.07) is 0. The SMILES string of the molecule is Cc1[nH][nH]c(=O)c1CN.Cl.Cl. The molecule has 1 aromatic rings. The molecular formula is C5H11Cl2N3O. The van der Waals surface area contributed by atoms with Gasteiger partial charge in [0.05, 0.1) is 5.56 Å². The van der Waals surface area contributed by atoms with E-state index < -0.39 is 0 Å². The Morgan fingerprint density at radius 2 is 1.91 bits per heavy atom. The summed E-state index contributed by atoms with van der Waals surface area (Å²) in [7, 11) is 0. The lowest BCUT2D eigenvalue weighted by Gasteiger charge is -1.85. The summed E-state index contributed by atoms with van der Waals surface area (Å²) >= 11 is 0. The van der Waals surface area contributed by atoms with Crippen molar-refractivity contribution in [1.82, 2.24) is 10.2 Å². The van der Waals surface area contributed by atoms with Crippen molar-refractivity contribution in [3.05, 3.63) is 21.6 Å². The molecule has 0 radical (unpaired) electrons. The highest BCUT2D eigenvalue weighted by Crippen LogP contribution is 1.92. The minimum absolute atomic E-state index is 0. The molecule has 0 aliphatic rings. The monoisotopic (exact) mass is 199 g/mol. The van der Waals surface area contributed by atoms with Gasteiger partial charge in [-0.2, -0.15) is 0 Å². The predicted molar refractivity (Wildman–Crippen MR) is 48.5 cm³/mol. The van der Waals surface area contributed by atoms with Gasteiger partial charge in [-0.1, -0.05) is 0 Å². The average Bonchev–Trinajstić information content (AvgIpc) is 2.12. The second kappa shape index (κ2) is 5.23. The minimum Gasteiger partial charge on any atom is -0.326 e. The highest BCUT2D eigenvalue weighted by molar-refractivity contribution is 5.85. The Morgan fingerprint density at radius 3 is 2.09 bits per heavy atom. The summed E-state index contributed by atoms with van der Waals surface area (Å²) in [4.78, 5) is 10.7. The molecule has 0 aliphatic carbocycles. The second-order valence-electron chi connectivity index (χ2n) is 1.89. The fourth-order valence-electron chi connectivity index (χ4n) is 0.717. The van der Waals surface area contributed by atoms with E-state index in [0.29, 0.717) is 12.1 Å². The summed E-state index contributed by atoms with van der Waals surface area (Å²) in [5.41, 5.74) is 6.60. The van der Waals surface area contributed by atoms with E-state index in [-0.39, 0.29) is 30.4 Å². The standard InChI is InChI=1S/C5H9N3O.2ClH/c1-3-4(2-6)5(9)8-7-3;;/h2,6H2,1H3,(H2,7,8,9);2*1H. The molecule has 0 aromatic carbocycles. The Bertz CT molecular complexity index is 254. The van der Waals surface area contributed by atoms with Crippen LogP contribution in [0.2, 0.25) is 0 Å². The van der Waals surface area contributed by atoms with Crippen LogP contribution in [0.1, 0.15) is 11.3 Å². The molecule has 0 unspecified atom stereocenters. The number of hydrogen-bond donors (Lipinski definition) is 3. The molecule has 0 atom stereocenters. The van der Waals surface area contributed by atoms with Gasteiger partial charge >= 0.3 is 0 Å². The first-order valence-electron chi connectivity index (χ1n) is 2.72. The van der Waals surface area contributed by atoms with Gasteiger partial charge in [-0.3, -0.25) is 9.89 Å². The van der Waals surface area contributed by atoms with Crippen LogP contribution in [-0.4, -0.2) is 10.2 Å². The van der Waals surface area contributed by atoms with Crippen LogP contribution in [0.5, 0.6) is 0 Å². The molecule has 1 rings (SSSR count). The van der Waals surface area contributed by atoms with Gasteiger partial charge in [0.15, 0.2) is 0 Å². The van der Waals surface area contributed by atoms with Gasteiger partial charge in [0.2, 0.25) is 0 Å². The summed E-state index contributed by atoms with van der Waals surface area (Å²) < 4.78 is 0. The third-order valence-corrected chi connectivity index (χ3v) is 1.29. The van der Waals surface area contributed by atoms with Gasteiger partial charge in [-0.15, -0.1) is 24.8 Å². The van der Waals surface area contributed by atoms with E-state index in [2.05, 4.69) is 10.2 Å². The number of hydrogen-bond acceptors (Lipinski definition) is 2. The predicted octanol–water partition coefficient (Wildman–Crippen LogP) is 0.314. The van der Waals surface area contributed by atoms with E-state index in [1.807, 2.05) is 0 Å². The Balaban J connectivity index is 0. The number of rotatable bonds is 1. The van der Waals surface area contributed by atoms with Crippen LogP contribution in [0, 0.1) is 6.92 Å². The van der Waals surface area contributed by atoms with Crippen LogP contribution >= 0.6 is 24.8 Å². The minimum atomic E-state index is -0.116. The molecule has 11 heavy (non-hydrogen) atoms. The van der Waals surface area contributed by atoms with Crippen LogP contribution in [0.4, 0.5) is 0 Å². The Morgan fingerprint density at radius 1 is 1.36 bits per heavy atom. The molecule has 4 nitrogen and oxygen atoms in total. The number of aromatic amines is 2. The molecule has 4 N–H and O–H groups in total. The summed E-state index contributed by atoms with van der Waals surface area (Å²) in [6.45, 7) is 2.10. The van der Waals surface area contributed by atoms with Crippen molar-refractivity contribution in [2.24, 2.45) is 5.73 Å². The van der Waals surface area contributed by atoms with E-state index in [1.54, 1.807) is 6.92 Å². The number of H-pyrrole nitrogens is 2. The fraction of sp³-hybridized carbons (Fsp3) is 0.400. The van der Waals surface area contributed by atoms with Crippen molar-refractivity contribution < 1.29 is 0 Å². The summed E-state index contributed by atoms with van der Waals surface area (Å²) in [5, 5.41) is 5.10. The van der Waals surface area contributed by atoms with Gasteiger partial charge in [-0.25, -0.2) is 0 Å². The molecule has 66 valence electrons. The van der Waals surface area contributed by atoms with Crippen LogP contribution < -0.4 is 11.3 Å². The third kappa shape index (κ3) is 2.57. The number of halogens is 2. The first kappa shape index (κ1) is 13.2. The zero-order chi connectivity index (χ0) is 6.85. The van der Waals surface area contributed by atoms with Crippen molar-refractivity contribution in [1.29, 1.82) is 0 Å². The van der Waals surface area contributed by atoms with Crippen molar-refractivity contribution in [3.63, 3.8) is 0 Å². The first-order chi connectivity index (χ1) is 4.25.